The molecule has 0 spiro atoms. The fourth-order valence-corrected chi connectivity index (χ4v) is 3.89. The topological polar surface area (TPSA) is 118 Å². The van der Waals surface area contributed by atoms with Gasteiger partial charge in [0.1, 0.15) is 18.5 Å². The molecule has 33 heavy (non-hydrogen) atoms. The number of pyridine rings is 1. The summed E-state index contributed by atoms with van der Waals surface area (Å²) in [5.74, 6) is -0.652. The Morgan fingerprint density at radius 2 is 2.00 bits per heavy atom. The third-order valence-electron chi connectivity index (χ3n) is 5.82. The van der Waals surface area contributed by atoms with E-state index in [2.05, 4.69) is 36.4 Å². The Balaban J connectivity index is 1.35. The van der Waals surface area contributed by atoms with Gasteiger partial charge in [-0.15, -0.1) is 0 Å². The van der Waals surface area contributed by atoms with Gasteiger partial charge in [0.15, 0.2) is 0 Å². The largest absolute Gasteiger partial charge is 0.444 e. The minimum atomic E-state index is -0.662. The van der Waals surface area contributed by atoms with Gasteiger partial charge in [0.05, 0.1) is 0 Å². The van der Waals surface area contributed by atoms with Crippen molar-refractivity contribution in [3.63, 3.8) is 0 Å². The van der Waals surface area contributed by atoms with E-state index in [-0.39, 0.29) is 30.3 Å². The Hall–Kier alpha value is -3.75. The molecule has 9 nitrogen and oxygen atoms in total. The molecule has 4 amide bonds. The molecule has 9 heteroatoms. The first-order valence-electron chi connectivity index (χ1n) is 10.8. The molecule has 1 saturated heterocycles. The molecule has 1 aromatic heterocycles. The van der Waals surface area contributed by atoms with Gasteiger partial charge in [0, 0.05) is 24.7 Å². The zero-order valence-corrected chi connectivity index (χ0v) is 18.8. The van der Waals surface area contributed by atoms with E-state index in [1.54, 1.807) is 30.5 Å². The molecule has 0 saturated carbocycles. The summed E-state index contributed by atoms with van der Waals surface area (Å²) in [6.45, 7) is 6.52. The maximum Gasteiger partial charge on any atom is 0.413 e. The van der Waals surface area contributed by atoms with Gasteiger partial charge in [0.25, 0.3) is 5.91 Å². The van der Waals surface area contributed by atoms with Crippen LogP contribution in [0.15, 0.2) is 36.5 Å². The lowest BCUT2D eigenvalue weighted by Crippen LogP contribution is -2.52. The zero-order valence-electron chi connectivity index (χ0n) is 18.8. The second-order valence-electron chi connectivity index (χ2n) is 9.27. The van der Waals surface area contributed by atoms with E-state index in [0.29, 0.717) is 29.9 Å². The van der Waals surface area contributed by atoms with E-state index in [1.165, 1.54) is 4.90 Å². The van der Waals surface area contributed by atoms with E-state index >= 15 is 0 Å². The molecular formula is C24H26N4O5. The molecule has 172 valence electrons. The van der Waals surface area contributed by atoms with Crippen LogP contribution in [0.5, 0.6) is 0 Å². The average molecular weight is 450 g/mol. The Kier molecular flexibility index (Phi) is 5.88. The van der Waals surface area contributed by atoms with Crippen LogP contribution in [0.25, 0.3) is 0 Å². The number of rotatable bonds is 4. The van der Waals surface area contributed by atoms with E-state index < -0.39 is 18.0 Å². The predicted octanol–water partition coefficient (Wildman–Crippen LogP) is 2.89. The number of carbonyl (C=O) groups excluding carboxylic acids is 4. The standard InChI is InChI=1S/C24H26N4O5/c1-24(2,3)16-6-8-19(25-11-16)26-23(32)33-13-14-4-5-15-12-28(22(31)17(15)10-14)18-7-9-20(29)27-21(18)30/h4-6,8,10-11,18H,7,9,12-13H2,1-3H3,(H,25,26,32)(H,27,29,30). The first-order valence-corrected chi connectivity index (χ1v) is 10.8. The molecule has 4 rings (SSSR count). The van der Waals surface area contributed by atoms with E-state index in [1.807, 2.05) is 6.07 Å². The molecule has 1 fully saturated rings. The summed E-state index contributed by atoms with van der Waals surface area (Å²) in [7, 11) is 0. The third kappa shape index (κ3) is 4.87. The van der Waals surface area contributed by atoms with Crippen LogP contribution in [0, 0.1) is 0 Å². The Bertz CT molecular complexity index is 1120. The van der Waals surface area contributed by atoms with E-state index in [4.69, 9.17) is 4.74 Å². The Morgan fingerprint density at radius 3 is 2.67 bits per heavy atom. The summed E-state index contributed by atoms with van der Waals surface area (Å²) in [6, 6.07) is 8.22. The van der Waals surface area contributed by atoms with Gasteiger partial charge in [-0.3, -0.25) is 25.0 Å². The lowest BCUT2D eigenvalue weighted by atomic mass is 9.88. The lowest BCUT2D eigenvalue weighted by Gasteiger charge is -2.29. The Morgan fingerprint density at radius 1 is 1.21 bits per heavy atom. The number of benzene rings is 1. The summed E-state index contributed by atoms with van der Waals surface area (Å²) in [5, 5.41) is 4.88. The van der Waals surface area contributed by atoms with Crippen molar-refractivity contribution in [3.8, 4) is 0 Å². The van der Waals surface area contributed by atoms with Crippen LogP contribution in [0.1, 0.15) is 60.7 Å². The van der Waals surface area contributed by atoms with Crippen LogP contribution in [0.2, 0.25) is 0 Å². The first kappa shape index (κ1) is 22.4. The number of ether oxygens (including phenoxy) is 1. The highest BCUT2D eigenvalue weighted by Crippen LogP contribution is 2.28. The number of hydrogen-bond donors (Lipinski definition) is 2. The predicted molar refractivity (Wildman–Crippen MR) is 119 cm³/mol. The quantitative estimate of drug-likeness (QED) is 0.692. The molecule has 2 aliphatic heterocycles. The second kappa shape index (κ2) is 8.65. The number of nitrogens with zero attached hydrogens (tertiary/aromatic N) is 2. The number of hydrogen-bond acceptors (Lipinski definition) is 6. The number of fused-ring (bicyclic) bond motifs is 1. The molecule has 1 unspecified atom stereocenters. The van der Waals surface area contributed by atoms with Crippen LogP contribution < -0.4 is 10.6 Å². The number of piperidine rings is 1. The van der Waals surface area contributed by atoms with Gasteiger partial charge in [-0.2, -0.15) is 0 Å². The number of nitrogens with one attached hydrogen (secondary N) is 2. The number of amides is 4. The molecule has 1 atom stereocenters. The van der Waals surface area contributed by atoms with E-state index in [9.17, 15) is 19.2 Å². The maximum atomic E-state index is 12.9. The molecule has 3 heterocycles. The lowest BCUT2D eigenvalue weighted by molar-refractivity contribution is -0.136. The summed E-state index contributed by atoms with van der Waals surface area (Å²) in [6.07, 6.45) is 1.59. The second-order valence-corrected chi connectivity index (χ2v) is 9.27. The summed E-state index contributed by atoms with van der Waals surface area (Å²) < 4.78 is 5.28. The fourth-order valence-electron chi connectivity index (χ4n) is 3.89. The van der Waals surface area contributed by atoms with Crippen molar-refractivity contribution in [1.82, 2.24) is 15.2 Å². The molecular weight excluding hydrogens is 424 g/mol. The SMILES string of the molecule is CC(C)(C)c1ccc(NC(=O)OCc2ccc3c(c2)C(=O)N(C2CCC(=O)NC2=O)C3)nc1. The van der Waals surface area contributed by atoms with Gasteiger partial charge >= 0.3 is 6.09 Å². The van der Waals surface area contributed by atoms with Crippen molar-refractivity contribution in [1.29, 1.82) is 0 Å². The molecule has 2 N–H and O–H groups in total. The first-order chi connectivity index (χ1) is 15.6. The van der Waals surface area contributed by atoms with Crippen LogP contribution in [-0.2, 0) is 32.9 Å². The van der Waals surface area contributed by atoms with E-state index in [0.717, 1.165) is 11.1 Å². The summed E-state index contributed by atoms with van der Waals surface area (Å²) in [4.78, 5) is 54.3. The smallest absolute Gasteiger partial charge is 0.413 e. The van der Waals surface area contributed by atoms with Gasteiger partial charge in [-0.05, 0) is 40.7 Å². The van der Waals surface area contributed by atoms with Crippen molar-refractivity contribution in [2.75, 3.05) is 5.32 Å². The minimum Gasteiger partial charge on any atom is -0.444 e. The third-order valence-corrected chi connectivity index (χ3v) is 5.82. The van der Waals surface area contributed by atoms with Crippen molar-refractivity contribution >= 4 is 29.6 Å². The molecule has 0 aliphatic carbocycles. The van der Waals surface area contributed by atoms with Crippen molar-refractivity contribution in [2.45, 2.75) is 58.2 Å². The van der Waals surface area contributed by atoms with Crippen LogP contribution in [0.3, 0.4) is 0 Å². The summed E-state index contributed by atoms with van der Waals surface area (Å²) in [5.41, 5.74) is 2.93. The highest BCUT2D eigenvalue weighted by molar-refractivity contribution is 6.05. The molecule has 2 aromatic rings. The normalized spacial score (nSPS) is 18.1. The van der Waals surface area contributed by atoms with Crippen molar-refractivity contribution < 1.29 is 23.9 Å². The average Bonchev–Trinajstić information content (AvgIpc) is 3.08. The number of carbonyl (C=O) groups is 4. The fraction of sp³-hybridized carbons (Fsp3) is 0.375. The number of imide groups is 1. The van der Waals surface area contributed by atoms with Crippen molar-refractivity contribution in [2.24, 2.45) is 0 Å². The molecule has 0 bridgehead atoms. The molecule has 2 aliphatic rings. The van der Waals surface area contributed by atoms with Gasteiger partial charge in [0.2, 0.25) is 11.8 Å². The monoisotopic (exact) mass is 450 g/mol. The molecule has 1 aromatic carbocycles. The minimum absolute atomic E-state index is 0.0229. The van der Waals surface area contributed by atoms with Gasteiger partial charge < -0.3 is 9.64 Å². The summed E-state index contributed by atoms with van der Waals surface area (Å²) >= 11 is 0. The highest BCUT2D eigenvalue weighted by Gasteiger charge is 2.39. The number of aromatic nitrogens is 1. The van der Waals surface area contributed by atoms with Crippen LogP contribution >= 0.6 is 0 Å². The van der Waals surface area contributed by atoms with Gasteiger partial charge in [-0.25, -0.2) is 9.78 Å². The maximum absolute atomic E-state index is 12.9. The highest BCUT2D eigenvalue weighted by atomic mass is 16.5. The van der Waals surface area contributed by atoms with Crippen LogP contribution in [0.4, 0.5) is 10.6 Å². The Labute approximate surface area is 191 Å². The van der Waals surface area contributed by atoms with Crippen LogP contribution in [-0.4, -0.2) is 39.7 Å². The van der Waals surface area contributed by atoms with Gasteiger partial charge in [-0.1, -0.05) is 39.0 Å². The number of anilines is 1. The zero-order chi connectivity index (χ0) is 23.8. The van der Waals surface area contributed by atoms with Crippen molar-refractivity contribution in [3.05, 3.63) is 58.8 Å². The molecule has 0 radical (unpaired) electrons.